The predicted octanol–water partition coefficient (Wildman–Crippen LogP) is 4.65. The van der Waals surface area contributed by atoms with Crippen LogP contribution in [0, 0.1) is 0 Å². The highest BCUT2D eigenvalue weighted by atomic mass is 15.1. The Labute approximate surface area is 106 Å². The van der Waals surface area contributed by atoms with Gasteiger partial charge < -0.3 is 0 Å². The van der Waals surface area contributed by atoms with Crippen LogP contribution in [0.1, 0.15) is 64.5 Å². The number of hydrogen-bond acceptors (Lipinski definition) is 1. The molecular formula is C15H26N2. The van der Waals surface area contributed by atoms with Gasteiger partial charge in [0.2, 0.25) is 0 Å². The number of nitrogens with zero attached hydrogens (tertiary/aromatic N) is 1. The zero-order chi connectivity index (χ0) is 12.3. The van der Waals surface area contributed by atoms with Gasteiger partial charge in [-0.2, -0.15) is 5.10 Å². The summed E-state index contributed by atoms with van der Waals surface area (Å²) in [6.45, 7) is 4.50. The Bertz CT molecular complexity index is 299. The average molecular weight is 234 g/mol. The first-order chi connectivity index (χ1) is 8.36. The molecule has 0 saturated heterocycles. The maximum atomic E-state index is 4.01. The Morgan fingerprint density at radius 1 is 1.24 bits per heavy atom. The Hall–Kier alpha value is -1.05. The van der Waals surface area contributed by atoms with Gasteiger partial charge in [-0.1, -0.05) is 51.2 Å². The molecule has 17 heavy (non-hydrogen) atoms. The van der Waals surface area contributed by atoms with E-state index < -0.39 is 0 Å². The summed E-state index contributed by atoms with van der Waals surface area (Å²) in [5, 5.41) is 7.07. The quantitative estimate of drug-likeness (QED) is 0.489. The van der Waals surface area contributed by atoms with Gasteiger partial charge in [-0.15, -0.1) is 0 Å². The van der Waals surface area contributed by atoms with E-state index in [1.54, 1.807) is 5.57 Å². The monoisotopic (exact) mass is 234 g/mol. The largest absolute Gasteiger partial charge is 0.282 e. The van der Waals surface area contributed by atoms with Gasteiger partial charge in [-0.05, 0) is 25.3 Å². The predicted molar refractivity (Wildman–Crippen MR) is 74.0 cm³/mol. The molecule has 96 valence electrons. The van der Waals surface area contributed by atoms with Gasteiger partial charge in [-0.3, -0.25) is 5.10 Å². The smallest absolute Gasteiger partial charge is 0.0490 e. The summed E-state index contributed by atoms with van der Waals surface area (Å²) in [5.41, 5.74) is 2.81. The number of aromatic amines is 1. The van der Waals surface area contributed by atoms with E-state index in [4.69, 9.17) is 0 Å². The van der Waals surface area contributed by atoms with Crippen molar-refractivity contribution in [3.05, 3.63) is 29.6 Å². The van der Waals surface area contributed by atoms with Gasteiger partial charge in [-0.25, -0.2) is 0 Å². The number of nitrogens with one attached hydrogen (secondary N) is 1. The first-order valence-corrected chi connectivity index (χ1v) is 7.03. The molecule has 0 atom stereocenters. The van der Waals surface area contributed by atoms with Gasteiger partial charge >= 0.3 is 0 Å². The summed E-state index contributed by atoms with van der Waals surface area (Å²) in [7, 11) is 0. The van der Waals surface area contributed by atoms with Crippen molar-refractivity contribution in [2.45, 2.75) is 65.2 Å². The summed E-state index contributed by atoms with van der Waals surface area (Å²) in [5.74, 6) is 0. The minimum Gasteiger partial charge on any atom is -0.282 e. The molecule has 0 aliphatic rings. The highest BCUT2D eigenvalue weighted by molar-refractivity contribution is 5.13. The first-order valence-electron chi connectivity index (χ1n) is 7.03. The maximum absolute atomic E-state index is 4.01. The molecule has 0 aromatic carbocycles. The topological polar surface area (TPSA) is 28.7 Å². The number of rotatable bonds is 9. The van der Waals surface area contributed by atoms with E-state index in [2.05, 4.69) is 36.2 Å². The maximum Gasteiger partial charge on any atom is 0.0490 e. The van der Waals surface area contributed by atoms with Crippen LogP contribution in [0.4, 0.5) is 0 Å². The summed E-state index contributed by atoms with van der Waals surface area (Å²) in [6, 6.07) is 2.08. The third kappa shape index (κ3) is 6.30. The van der Waals surface area contributed by atoms with Gasteiger partial charge in [0.25, 0.3) is 0 Å². The third-order valence-corrected chi connectivity index (χ3v) is 3.05. The fourth-order valence-corrected chi connectivity index (χ4v) is 2.02. The summed E-state index contributed by atoms with van der Waals surface area (Å²) in [4.78, 5) is 0. The lowest BCUT2D eigenvalue weighted by Crippen LogP contribution is -1.93. The van der Waals surface area contributed by atoms with Crippen molar-refractivity contribution in [3.8, 4) is 0 Å². The molecular weight excluding hydrogens is 208 g/mol. The molecule has 0 fully saturated rings. The molecule has 1 rings (SSSR count). The fourth-order valence-electron chi connectivity index (χ4n) is 2.02. The molecule has 0 aliphatic heterocycles. The molecule has 2 heteroatoms. The molecule has 1 N–H and O–H groups in total. The third-order valence-electron chi connectivity index (χ3n) is 3.05. The Balaban J connectivity index is 2.37. The van der Waals surface area contributed by atoms with Crippen molar-refractivity contribution in [1.82, 2.24) is 10.2 Å². The number of H-pyrrole nitrogens is 1. The van der Waals surface area contributed by atoms with Crippen LogP contribution in [0.15, 0.2) is 23.9 Å². The van der Waals surface area contributed by atoms with Crippen molar-refractivity contribution in [2.24, 2.45) is 0 Å². The SMILES string of the molecule is CCCC=C(CCCCCC)Cc1ccn[nH]1. The lowest BCUT2D eigenvalue weighted by atomic mass is 10.0. The summed E-state index contributed by atoms with van der Waals surface area (Å²) < 4.78 is 0. The minimum absolute atomic E-state index is 1.05. The number of hydrogen-bond donors (Lipinski definition) is 1. The molecule has 0 bridgehead atoms. The van der Waals surface area contributed by atoms with Gasteiger partial charge in [0.05, 0.1) is 0 Å². The van der Waals surface area contributed by atoms with Crippen molar-refractivity contribution < 1.29 is 0 Å². The highest BCUT2D eigenvalue weighted by Crippen LogP contribution is 2.15. The van der Waals surface area contributed by atoms with Gasteiger partial charge in [0.1, 0.15) is 0 Å². The zero-order valence-corrected chi connectivity index (χ0v) is 11.3. The van der Waals surface area contributed by atoms with Crippen LogP contribution in [-0.2, 0) is 6.42 Å². The van der Waals surface area contributed by atoms with E-state index in [1.807, 2.05) is 6.20 Å². The minimum atomic E-state index is 1.05. The van der Waals surface area contributed by atoms with Crippen LogP contribution in [0.25, 0.3) is 0 Å². The van der Waals surface area contributed by atoms with E-state index >= 15 is 0 Å². The second kappa shape index (κ2) is 9.03. The van der Waals surface area contributed by atoms with Gasteiger partial charge in [0.15, 0.2) is 0 Å². The molecule has 0 amide bonds. The summed E-state index contributed by atoms with van der Waals surface area (Å²) in [6.07, 6.45) is 14.4. The lowest BCUT2D eigenvalue weighted by Gasteiger charge is -2.06. The molecule has 1 aromatic heterocycles. The highest BCUT2D eigenvalue weighted by Gasteiger charge is 2.01. The van der Waals surface area contributed by atoms with E-state index in [0.29, 0.717) is 0 Å². The van der Waals surface area contributed by atoms with E-state index in [-0.39, 0.29) is 0 Å². The standard InChI is InChI=1S/C15H26N2/c1-3-5-7-8-10-14(9-6-4-2)13-15-11-12-16-17-15/h9,11-12H,3-8,10,13H2,1-2H3,(H,16,17). The molecule has 1 heterocycles. The second-order valence-electron chi connectivity index (χ2n) is 4.72. The van der Waals surface area contributed by atoms with Crippen LogP contribution < -0.4 is 0 Å². The van der Waals surface area contributed by atoms with Crippen molar-refractivity contribution >= 4 is 0 Å². The Kier molecular flexibility index (Phi) is 7.44. The fraction of sp³-hybridized carbons (Fsp3) is 0.667. The molecule has 0 saturated carbocycles. The molecule has 1 aromatic rings. The van der Waals surface area contributed by atoms with Crippen LogP contribution in [0.5, 0.6) is 0 Å². The van der Waals surface area contributed by atoms with Crippen LogP contribution >= 0.6 is 0 Å². The number of allylic oxidation sites excluding steroid dienone is 2. The molecule has 0 unspecified atom stereocenters. The van der Waals surface area contributed by atoms with Crippen molar-refractivity contribution in [1.29, 1.82) is 0 Å². The van der Waals surface area contributed by atoms with E-state index in [1.165, 1.54) is 50.6 Å². The Morgan fingerprint density at radius 3 is 2.76 bits per heavy atom. The molecule has 0 radical (unpaired) electrons. The van der Waals surface area contributed by atoms with E-state index in [9.17, 15) is 0 Å². The van der Waals surface area contributed by atoms with Crippen LogP contribution in [0.2, 0.25) is 0 Å². The molecule has 0 spiro atoms. The van der Waals surface area contributed by atoms with Crippen LogP contribution in [0.3, 0.4) is 0 Å². The van der Waals surface area contributed by atoms with Gasteiger partial charge in [0, 0.05) is 18.3 Å². The van der Waals surface area contributed by atoms with Crippen molar-refractivity contribution in [3.63, 3.8) is 0 Å². The normalized spacial score (nSPS) is 12.0. The molecule has 0 aliphatic carbocycles. The summed E-state index contributed by atoms with van der Waals surface area (Å²) >= 11 is 0. The lowest BCUT2D eigenvalue weighted by molar-refractivity contribution is 0.656. The molecule has 2 nitrogen and oxygen atoms in total. The van der Waals surface area contributed by atoms with E-state index in [0.717, 1.165) is 6.42 Å². The average Bonchev–Trinajstić information content (AvgIpc) is 2.84. The zero-order valence-electron chi connectivity index (χ0n) is 11.3. The first kappa shape index (κ1) is 14.0. The van der Waals surface area contributed by atoms with Crippen LogP contribution in [-0.4, -0.2) is 10.2 Å². The second-order valence-corrected chi connectivity index (χ2v) is 4.72. The number of aromatic nitrogens is 2. The number of unbranched alkanes of at least 4 members (excludes halogenated alkanes) is 4. The Morgan fingerprint density at radius 2 is 2.12 bits per heavy atom. The van der Waals surface area contributed by atoms with Crippen molar-refractivity contribution in [2.75, 3.05) is 0 Å².